The molecular weight excluding hydrogens is 376 g/mol. The summed E-state index contributed by atoms with van der Waals surface area (Å²) in [5.41, 5.74) is 3.25. The van der Waals surface area contributed by atoms with Gasteiger partial charge in [0.05, 0.1) is 12.7 Å². The Morgan fingerprint density at radius 2 is 1.97 bits per heavy atom. The maximum Gasteiger partial charge on any atom is 0.255 e. The molecule has 1 saturated heterocycles. The lowest BCUT2D eigenvalue weighted by molar-refractivity contribution is -0.117. The van der Waals surface area contributed by atoms with Gasteiger partial charge in [0.2, 0.25) is 5.91 Å². The topological polar surface area (TPSA) is 58.6 Å². The average molecular weight is 407 g/mol. The quantitative estimate of drug-likeness (QED) is 0.721. The van der Waals surface area contributed by atoms with Crippen molar-refractivity contribution in [1.29, 1.82) is 0 Å². The highest BCUT2D eigenvalue weighted by Crippen LogP contribution is 2.27. The van der Waals surface area contributed by atoms with Gasteiger partial charge in [-0.2, -0.15) is 0 Å². The summed E-state index contributed by atoms with van der Waals surface area (Å²) < 4.78 is 6.11. The van der Waals surface area contributed by atoms with Gasteiger partial charge < -0.3 is 15.0 Å². The Kier molecular flexibility index (Phi) is 6.48. The molecule has 4 rings (SSSR count). The standard InChI is InChI=1S/C25H30N2O3/c1-18-5-2-8-23(15-18)30-17-19-6-3-7-21(16-19)26-25(29)20-10-12-22(13-11-20)27-14-4-9-24(27)28/h3,6-7,10-13,16,18,23H,2,4-5,8-9,14-15,17H2,1H3,(H,26,29). The molecule has 30 heavy (non-hydrogen) atoms. The third kappa shape index (κ3) is 5.08. The second kappa shape index (κ2) is 9.43. The molecule has 5 nitrogen and oxygen atoms in total. The number of rotatable bonds is 6. The molecule has 1 N–H and O–H groups in total. The largest absolute Gasteiger partial charge is 0.374 e. The first-order valence-corrected chi connectivity index (χ1v) is 11.0. The molecule has 2 unspecified atom stereocenters. The van der Waals surface area contributed by atoms with Crippen molar-refractivity contribution in [1.82, 2.24) is 0 Å². The number of ether oxygens (including phenoxy) is 1. The smallest absolute Gasteiger partial charge is 0.255 e. The third-order valence-electron chi connectivity index (χ3n) is 6.07. The minimum Gasteiger partial charge on any atom is -0.374 e. The number of benzene rings is 2. The van der Waals surface area contributed by atoms with Crippen LogP contribution < -0.4 is 10.2 Å². The van der Waals surface area contributed by atoms with Crippen LogP contribution in [0.1, 0.15) is 61.4 Å². The van der Waals surface area contributed by atoms with Gasteiger partial charge in [-0.15, -0.1) is 0 Å². The lowest BCUT2D eigenvalue weighted by atomic mass is 9.89. The van der Waals surface area contributed by atoms with Gasteiger partial charge in [0.25, 0.3) is 5.91 Å². The molecule has 2 aliphatic rings. The molecule has 1 saturated carbocycles. The van der Waals surface area contributed by atoms with E-state index in [1.165, 1.54) is 12.8 Å². The fourth-order valence-electron chi connectivity index (χ4n) is 4.40. The van der Waals surface area contributed by atoms with Gasteiger partial charge in [0, 0.05) is 29.9 Å². The zero-order valence-electron chi connectivity index (χ0n) is 17.6. The number of nitrogens with one attached hydrogen (secondary N) is 1. The highest BCUT2D eigenvalue weighted by Gasteiger charge is 2.22. The van der Waals surface area contributed by atoms with Crippen LogP contribution in [0.2, 0.25) is 0 Å². The Hall–Kier alpha value is -2.66. The lowest BCUT2D eigenvalue weighted by Gasteiger charge is -2.26. The van der Waals surface area contributed by atoms with Crippen LogP contribution in [0.3, 0.4) is 0 Å². The maximum absolute atomic E-state index is 12.6. The normalized spacial score (nSPS) is 21.6. The number of amides is 2. The molecule has 0 bridgehead atoms. The summed E-state index contributed by atoms with van der Waals surface area (Å²) in [5.74, 6) is 0.728. The monoisotopic (exact) mass is 406 g/mol. The number of carbonyl (C=O) groups is 2. The Labute approximate surface area is 178 Å². The van der Waals surface area contributed by atoms with Crippen molar-refractivity contribution < 1.29 is 14.3 Å². The molecule has 0 radical (unpaired) electrons. The van der Waals surface area contributed by atoms with Crippen molar-refractivity contribution in [2.24, 2.45) is 5.92 Å². The Morgan fingerprint density at radius 3 is 2.70 bits per heavy atom. The first-order valence-electron chi connectivity index (χ1n) is 11.0. The zero-order valence-corrected chi connectivity index (χ0v) is 17.6. The molecule has 5 heteroatoms. The van der Waals surface area contributed by atoms with E-state index in [4.69, 9.17) is 4.74 Å². The van der Waals surface area contributed by atoms with E-state index < -0.39 is 0 Å². The van der Waals surface area contributed by atoms with Gasteiger partial charge in [-0.05, 0) is 67.1 Å². The van der Waals surface area contributed by atoms with Crippen molar-refractivity contribution >= 4 is 23.2 Å². The van der Waals surface area contributed by atoms with E-state index in [0.717, 1.165) is 48.7 Å². The van der Waals surface area contributed by atoms with Crippen LogP contribution in [-0.4, -0.2) is 24.5 Å². The number of carbonyl (C=O) groups excluding carboxylic acids is 2. The van der Waals surface area contributed by atoms with Crippen molar-refractivity contribution in [3.8, 4) is 0 Å². The van der Waals surface area contributed by atoms with Crippen LogP contribution in [0.15, 0.2) is 48.5 Å². The fraction of sp³-hybridized carbons (Fsp3) is 0.440. The van der Waals surface area contributed by atoms with E-state index in [-0.39, 0.29) is 11.8 Å². The van der Waals surface area contributed by atoms with Gasteiger partial charge >= 0.3 is 0 Å². The maximum atomic E-state index is 12.6. The molecule has 1 aliphatic heterocycles. The predicted molar refractivity (Wildman–Crippen MR) is 119 cm³/mol. The first kappa shape index (κ1) is 20.6. The summed E-state index contributed by atoms with van der Waals surface area (Å²) in [6, 6.07) is 15.1. The average Bonchev–Trinajstić information content (AvgIpc) is 3.18. The van der Waals surface area contributed by atoms with Gasteiger partial charge in [-0.3, -0.25) is 9.59 Å². The Bertz CT molecular complexity index is 894. The van der Waals surface area contributed by atoms with Gasteiger partial charge in [0.15, 0.2) is 0 Å². The summed E-state index contributed by atoms with van der Waals surface area (Å²) in [6.07, 6.45) is 6.65. The molecule has 2 aromatic rings. The second-order valence-corrected chi connectivity index (χ2v) is 8.56. The van der Waals surface area contributed by atoms with Crippen LogP contribution >= 0.6 is 0 Å². The molecule has 0 spiro atoms. The summed E-state index contributed by atoms with van der Waals surface area (Å²) in [5, 5.41) is 2.97. The van der Waals surface area contributed by atoms with E-state index in [2.05, 4.69) is 12.2 Å². The van der Waals surface area contributed by atoms with Crippen LogP contribution in [-0.2, 0) is 16.1 Å². The van der Waals surface area contributed by atoms with Crippen molar-refractivity contribution in [3.05, 3.63) is 59.7 Å². The highest BCUT2D eigenvalue weighted by molar-refractivity contribution is 6.04. The SMILES string of the molecule is CC1CCCC(OCc2cccc(NC(=O)c3ccc(N4CCCC4=O)cc3)c2)C1. The molecule has 1 heterocycles. The molecule has 2 fully saturated rings. The third-order valence-corrected chi connectivity index (χ3v) is 6.07. The minimum absolute atomic E-state index is 0.147. The second-order valence-electron chi connectivity index (χ2n) is 8.56. The zero-order chi connectivity index (χ0) is 20.9. The van der Waals surface area contributed by atoms with Gasteiger partial charge in [-0.1, -0.05) is 31.9 Å². The predicted octanol–water partition coefficient (Wildman–Crippen LogP) is 5.16. The summed E-state index contributed by atoms with van der Waals surface area (Å²) in [6.45, 7) is 3.61. The van der Waals surface area contributed by atoms with Crippen molar-refractivity contribution in [2.45, 2.75) is 58.2 Å². The molecule has 2 aromatic carbocycles. The molecule has 158 valence electrons. The van der Waals surface area contributed by atoms with Crippen molar-refractivity contribution in [2.75, 3.05) is 16.8 Å². The Balaban J connectivity index is 1.34. The van der Waals surface area contributed by atoms with Crippen LogP contribution in [0, 0.1) is 5.92 Å². The molecule has 1 aliphatic carbocycles. The van der Waals surface area contributed by atoms with E-state index >= 15 is 0 Å². The molecule has 0 aromatic heterocycles. The summed E-state index contributed by atoms with van der Waals surface area (Å²) in [4.78, 5) is 26.3. The molecule has 2 atom stereocenters. The fourth-order valence-corrected chi connectivity index (χ4v) is 4.40. The van der Waals surface area contributed by atoms with E-state index in [1.807, 2.05) is 36.4 Å². The first-order chi connectivity index (χ1) is 14.6. The summed E-state index contributed by atoms with van der Waals surface area (Å²) in [7, 11) is 0. The van der Waals surface area contributed by atoms with Gasteiger partial charge in [-0.25, -0.2) is 0 Å². The van der Waals surface area contributed by atoms with Crippen LogP contribution in [0.4, 0.5) is 11.4 Å². The highest BCUT2D eigenvalue weighted by atomic mass is 16.5. The van der Waals surface area contributed by atoms with E-state index in [1.54, 1.807) is 17.0 Å². The number of hydrogen-bond acceptors (Lipinski definition) is 3. The van der Waals surface area contributed by atoms with Crippen LogP contribution in [0.5, 0.6) is 0 Å². The molecular formula is C25H30N2O3. The van der Waals surface area contributed by atoms with Gasteiger partial charge in [0.1, 0.15) is 0 Å². The summed E-state index contributed by atoms with van der Waals surface area (Å²) >= 11 is 0. The van der Waals surface area contributed by atoms with E-state index in [9.17, 15) is 9.59 Å². The molecule has 2 amide bonds. The number of anilines is 2. The number of hydrogen-bond donors (Lipinski definition) is 1. The minimum atomic E-state index is -0.159. The van der Waals surface area contributed by atoms with E-state index in [0.29, 0.717) is 24.7 Å². The Morgan fingerprint density at radius 1 is 1.13 bits per heavy atom. The lowest BCUT2D eigenvalue weighted by Crippen LogP contribution is -2.23. The number of nitrogens with zero attached hydrogens (tertiary/aromatic N) is 1. The van der Waals surface area contributed by atoms with Crippen molar-refractivity contribution in [3.63, 3.8) is 0 Å². The van der Waals surface area contributed by atoms with Crippen LogP contribution in [0.25, 0.3) is 0 Å².